The average Bonchev–Trinajstić information content (AvgIpc) is 2.62. The first kappa shape index (κ1) is 10.7. The summed E-state index contributed by atoms with van der Waals surface area (Å²) in [6.07, 6.45) is 4.64. The molecule has 2 unspecified atom stereocenters. The third kappa shape index (κ3) is 2.43. The van der Waals surface area contributed by atoms with E-state index in [-0.39, 0.29) is 6.09 Å². The van der Waals surface area contributed by atoms with Crippen LogP contribution in [-0.2, 0) is 4.74 Å². The van der Waals surface area contributed by atoms with Crippen LogP contribution in [0.15, 0.2) is 0 Å². The maximum atomic E-state index is 11.3. The number of carbonyl (C=O) groups is 1. The van der Waals surface area contributed by atoms with E-state index in [0.717, 1.165) is 13.0 Å². The van der Waals surface area contributed by atoms with Gasteiger partial charge in [0.05, 0.1) is 6.61 Å². The summed E-state index contributed by atoms with van der Waals surface area (Å²) in [6, 6.07) is 0.868. The molecule has 2 atom stereocenters. The first-order valence-electron chi connectivity index (χ1n) is 5.98. The molecular formula is C11H20N2O2. The van der Waals surface area contributed by atoms with Gasteiger partial charge in [-0.05, 0) is 32.7 Å². The van der Waals surface area contributed by atoms with E-state index in [0.29, 0.717) is 18.7 Å². The minimum Gasteiger partial charge on any atom is -0.450 e. The molecule has 0 saturated carbocycles. The molecule has 0 radical (unpaired) electrons. The van der Waals surface area contributed by atoms with Crippen LogP contribution in [-0.4, -0.2) is 42.8 Å². The lowest BCUT2D eigenvalue weighted by Gasteiger charge is -2.32. The zero-order chi connectivity index (χ0) is 10.7. The van der Waals surface area contributed by atoms with Gasteiger partial charge in [0.2, 0.25) is 0 Å². The van der Waals surface area contributed by atoms with Gasteiger partial charge >= 0.3 is 6.09 Å². The van der Waals surface area contributed by atoms with E-state index >= 15 is 0 Å². The normalized spacial score (nSPS) is 31.0. The number of hydrogen-bond acceptors (Lipinski definition) is 3. The Morgan fingerprint density at radius 2 is 2.27 bits per heavy atom. The number of hydrogen-bond donors (Lipinski definition) is 1. The highest BCUT2D eigenvalue weighted by Gasteiger charge is 2.36. The number of carbonyl (C=O) groups excluding carboxylic acids is 1. The fourth-order valence-electron chi connectivity index (χ4n) is 2.74. The van der Waals surface area contributed by atoms with Crippen molar-refractivity contribution in [2.75, 3.05) is 19.7 Å². The van der Waals surface area contributed by atoms with Crippen molar-refractivity contribution in [3.8, 4) is 0 Å². The molecule has 86 valence electrons. The predicted octanol–water partition coefficient (Wildman–Crippen LogP) is 1.36. The van der Waals surface area contributed by atoms with Crippen molar-refractivity contribution in [2.45, 2.75) is 44.7 Å². The number of alkyl carbamates (subject to hydrolysis) is 1. The molecule has 2 saturated heterocycles. The Kier molecular flexibility index (Phi) is 3.46. The molecule has 0 aromatic rings. The molecule has 0 spiro atoms. The number of ether oxygens (including phenoxy) is 1. The molecule has 0 aliphatic carbocycles. The van der Waals surface area contributed by atoms with E-state index in [1.54, 1.807) is 0 Å². The minimum absolute atomic E-state index is 0.255. The summed E-state index contributed by atoms with van der Waals surface area (Å²) in [5.74, 6) is 0. The van der Waals surface area contributed by atoms with Crippen LogP contribution in [0, 0.1) is 0 Å². The second-order valence-electron chi connectivity index (χ2n) is 4.36. The second-order valence-corrected chi connectivity index (χ2v) is 4.36. The van der Waals surface area contributed by atoms with Gasteiger partial charge in [-0.3, -0.25) is 4.90 Å². The number of fused-ring (bicyclic) bond motifs is 1. The number of nitrogens with zero attached hydrogens (tertiary/aromatic N) is 1. The van der Waals surface area contributed by atoms with Crippen LogP contribution in [0.2, 0.25) is 0 Å². The molecule has 1 amide bonds. The third-order valence-corrected chi connectivity index (χ3v) is 3.43. The van der Waals surface area contributed by atoms with Crippen LogP contribution in [0.1, 0.15) is 32.6 Å². The van der Waals surface area contributed by atoms with Crippen molar-refractivity contribution < 1.29 is 9.53 Å². The monoisotopic (exact) mass is 212 g/mol. The molecule has 15 heavy (non-hydrogen) atoms. The molecule has 0 aromatic carbocycles. The SMILES string of the molecule is CCOC(=O)NC1CCN2CCCCC12. The van der Waals surface area contributed by atoms with Crippen molar-refractivity contribution in [1.82, 2.24) is 10.2 Å². The molecular weight excluding hydrogens is 192 g/mol. The van der Waals surface area contributed by atoms with Gasteiger partial charge in [-0.15, -0.1) is 0 Å². The molecule has 4 nitrogen and oxygen atoms in total. The zero-order valence-corrected chi connectivity index (χ0v) is 9.37. The number of piperidine rings is 1. The van der Waals surface area contributed by atoms with Crippen molar-refractivity contribution in [3.63, 3.8) is 0 Å². The summed E-state index contributed by atoms with van der Waals surface area (Å²) >= 11 is 0. The Morgan fingerprint density at radius 3 is 3.07 bits per heavy atom. The fraction of sp³-hybridized carbons (Fsp3) is 0.909. The molecule has 2 fully saturated rings. The van der Waals surface area contributed by atoms with Crippen LogP contribution >= 0.6 is 0 Å². The summed E-state index contributed by atoms with van der Waals surface area (Å²) in [5, 5.41) is 2.98. The Morgan fingerprint density at radius 1 is 1.40 bits per heavy atom. The minimum atomic E-state index is -0.255. The van der Waals surface area contributed by atoms with Gasteiger partial charge in [0.15, 0.2) is 0 Å². The van der Waals surface area contributed by atoms with Crippen LogP contribution in [0.25, 0.3) is 0 Å². The third-order valence-electron chi connectivity index (χ3n) is 3.43. The largest absolute Gasteiger partial charge is 0.450 e. The molecule has 4 heteroatoms. The van der Waals surface area contributed by atoms with Gasteiger partial charge in [-0.1, -0.05) is 6.42 Å². The van der Waals surface area contributed by atoms with Crippen molar-refractivity contribution in [3.05, 3.63) is 0 Å². The van der Waals surface area contributed by atoms with Gasteiger partial charge in [0.25, 0.3) is 0 Å². The summed E-state index contributed by atoms with van der Waals surface area (Å²) in [6.45, 7) is 4.61. The predicted molar refractivity (Wildman–Crippen MR) is 57.8 cm³/mol. The first-order valence-corrected chi connectivity index (χ1v) is 5.98. The maximum absolute atomic E-state index is 11.3. The highest BCUT2D eigenvalue weighted by molar-refractivity contribution is 5.67. The van der Waals surface area contributed by atoms with E-state index in [4.69, 9.17) is 4.74 Å². The highest BCUT2D eigenvalue weighted by atomic mass is 16.5. The smallest absolute Gasteiger partial charge is 0.407 e. The average molecular weight is 212 g/mol. The Bertz CT molecular complexity index is 233. The number of rotatable bonds is 2. The first-order chi connectivity index (χ1) is 7.31. The molecule has 2 heterocycles. The molecule has 2 aliphatic heterocycles. The van der Waals surface area contributed by atoms with Gasteiger partial charge in [0, 0.05) is 18.6 Å². The van der Waals surface area contributed by atoms with Crippen molar-refractivity contribution in [1.29, 1.82) is 0 Å². The van der Waals surface area contributed by atoms with Crippen LogP contribution in [0.4, 0.5) is 4.79 Å². The molecule has 2 rings (SSSR count). The maximum Gasteiger partial charge on any atom is 0.407 e. The van der Waals surface area contributed by atoms with E-state index < -0.39 is 0 Å². The quantitative estimate of drug-likeness (QED) is 0.751. The number of nitrogens with one attached hydrogen (secondary N) is 1. The lowest BCUT2D eigenvalue weighted by atomic mass is 9.99. The van der Waals surface area contributed by atoms with Crippen LogP contribution < -0.4 is 5.32 Å². The van der Waals surface area contributed by atoms with Crippen molar-refractivity contribution in [2.24, 2.45) is 0 Å². The molecule has 1 N–H and O–H groups in total. The van der Waals surface area contributed by atoms with E-state index in [9.17, 15) is 4.79 Å². The van der Waals surface area contributed by atoms with Crippen LogP contribution in [0.5, 0.6) is 0 Å². The summed E-state index contributed by atoms with van der Waals surface area (Å²) in [5.41, 5.74) is 0. The van der Waals surface area contributed by atoms with Crippen LogP contribution in [0.3, 0.4) is 0 Å². The summed E-state index contributed by atoms with van der Waals surface area (Å²) < 4.78 is 4.91. The Hall–Kier alpha value is -0.770. The van der Waals surface area contributed by atoms with E-state index in [2.05, 4.69) is 10.2 Å². The molecule has 2 aliphatic rings. The highest BCUT2D eigenvalue weighted by Crippen LogP contribution is 2.27. The van der Waals surface area contributed by atoms with Gasteiger partial charge in [-0.25, -0.2) is 4.79 Å². The van der Waals surface area contributed by atoms with Gasteiger partial charge in [-0.2, -0.15) is 0 Å². The number of amides is 1. The second kappa shape index (κ2) is 4.84. The van der Waals surface area contributed by atoms with Gasteiger partial charge < -0.3 is 10.1 Å². The standard InChI is InChI=1S/C11H20N2O2/c1-2-15-11(14)12-9-6-8-13-7-4-3-5-10(9)13/h9-10H,2-8H2,1H3,(H,12,14). The topological polar surface area (TPSA) is 41.6 Å². The van der Waals surface area contributed by atoms with Gasteiger partial charge in [0.1, 0.15) is 0 Å². The summed E-state index contributed by atoms with van der Waals surface area (Å²) in [7, 11) is 0. The lowest BCUT2D eigenvalue weighted by molar-refractivity contribution is 0.137. The molecule has 0 aromatic heterocycles. The van der Waals surface area contributed by atoms with E-state index in [1.807, 2.05) is 6.92 Å². The molecule has 0 bridgehead atoms. The lowest BCUT2D eigenvalue weighted by Crippen LogP contribution is -2.46. The zero-order valence-electron chi connectivity index (χ0n) is 9.37. The fourth-order valence-corrected chi connectivity index (χ4v) is 2.74. The van der Waals surface area contributed by atoms with Crippen molar-refractivity contribution >= 4 is 6.09 Å². The van der Waals surface area contributed by atoms with E-state index in [1.165, 1.54) is 25.8 Å². The Balaban J connectivity index is 1.85. The Labute approximate surface area is 91.0 Å². The summed E-state index contributed by atoms with van der Waals surface area (Å²) in [4.78, 5) is 13.8.